The summed E-state index contributed by atoms with van der Waals surface area (Å²) in [7, 11) is 0. The van der Waals surface area contributed by atoms with E-state index in [4.69, 9.17) is 4.74 Å². The molecule has 5 nitrogen and oxygen atoms in total. The van der Waals surface area contributed by atoms with Gasteiger partial charge in [0.25, 0.3) is 0 Å². The molecular formula is C27H25NO4. The van der Waals surface area contributed by atoms with E-state index >= 15 is 0 Å². The lowest BCUT2D eigenvalue weighted by Crippen LogP contribution is -2.31. The van der Waals surface area contributed by atoms with Crippen molar-refractivity contribution in [3.8, 4) is 11.1 Å². The average molecular weight is 428 g/mol. The number of benzene rings is 3. The van der Waals surface area contributed by atoms with Crippen LogP contribution in [0.3, 0.4) is 0 Å². The van der Waals surface area contributed by atoms with Gasteiger partial charge in [0.1, 0.15) is 6.61 Å². The van der Waals surface area contributed by atoms with Crippen molar-refractivity contribution in [1.82, 2.24) is 5.32 Å². The third-order valence-electron chi connectivity index (χ3n) is 6.38. The van der Waals surface area contributed by atoms with Crippen LogP contribution in [0.4, 0.5) is 4.79 Å². The lowest BCUT2D eigenvalue weighted by Gasteiger charge is -2.20. The summed E-state index contributed by atoms with van der Waals surface area (Å²) < 4.78 is 5.62. The third kappa shape index (κ3) is 4.11. The van der Waals surface area contributed by atoms with E-state index in [0.29, 0.717) is 5.92 Å². The van der Waals surface area contributed by atoms with Gasteiger partial charge in [0.05, 0.1) is 12.5 Å². The number of nitrogens with one attached hydrogen (secondary N) is 1. The fourth-order valence-electron chi connectivity index (χ4n) is 4.66. The molecule has 32 heavy (non-hydrogen) atoms. The minimum absolute atomic E-state index is 0.0377. The first-order valence-electron chi connectivity index (χ1n) is 11.0. The van der Waals surface area contributed by atoms with Gasteiger partial charge >= 0.3 is 12.1 Å². The predicted octanol–water partition coefficient (Wildman–Crippen LogP) is 5.62. The van der Waals surface area contributed by atoms with E-state index < -0.39 is 18.1 Å². The second-order valence-electron chi connectivity index (χ2n) is 8.56. The molecule has 162 valence electrons. The number of carboxylic acid groups (broad SMARTS) is 1. The summed E-state index contributed by atoms with van der Waals surface area (Å²) in [5, 5.41) is 12.2. The normalized spacial score (nSPS) is 15.5. The minimum atomic E-state index is -0.967. The van der Waals surface area contributed by atoms with Gasteiger partial charge in [0, 0.05) is 5.92 Å². The van der Waals surface area contributed by atoms with Crippen LogP contribution in [0, 0.1) is 0 Å². The number of carbonyl (C=O) groups excluding carboxylic acids is 1. The van der Waals surface area contributed by atoms with Crippen molar-refractivity contribution in [1.29, 1.82) is 0 Å². The van der Waals surface area contributed by atoms with Crippen molar-refractivity contribution >= 4 is 12.1 Å². The molecule has 5 rings (SSSR count). The van der Waals surface area contributed by atoms with Gasteiger partial charge in [0.15, 0.2) is 0 Å². The Kier molecular flexibility index (Phi) is 5.39. The second-order valence-corrected chi connectivity index (χ2v) is 8.56. The molecule has 0 spiro atoms. The molecule has 0 unspecified atom stereocenters. The molecule has 0 heterocycles. The molecule has 0 radical (unpaired) electrons. The number of hydrogen-bond acceptors (Lipinski definition) is 3. The van der Waals surface area contributed by atoms with E-state index in [9.17, 15) is 14.7 Å². The highest BCUT2D eigenvalue weighted by atomic mass is 16.5. The fraction of sp³-hybridized carbons (Fsp3) is 0.259. The van der Waals surface area contributed by atoms with Gasteiger partial charge in [0.2, 0.25) is 0 Å². The molecule has 1 atom stereocenters. The van der Waals surface area contributed by atoms with Crippen LogP contribution in [-0.4, -0.2) is 23.8 Å². The number of amides is 1. The SMILES string of the molecule is O=C(O)C[C@@H](NC(=O)OCC1c2ccccc2-c2ccccc21)c1cccc(C2CC2)c1. The van der Waals surface area contributed by atoms with Crippen LogP contribution in [0.25, 0.3) is 11.1 Å². The van der Waals surface area contributed by atoms with Crippen molar-refractivity contribution < 1.29 is 19.4 Å². The molecule has 1 amide bonds. The fourth-order valence-corrected chi connectivity index (χ4v) is 4.66. The van der Waals surface area contributed by atoms with Crippen molar-refractivity contribution in [3.63, 3.8) is 0 Å². The number of carbonyl (C=O) groups is 2. The zero-order valence-corrected chi connectivity index (χ0v) is 17.7. The number of ether oxygens (including phenoxy) is 1. The summed E-state index contributed by atoms with van der Waals surface area (Å²) in [6, 6.07) is 23.5. The van der Waals surface area contributed by atoms with E-state index in [-0.39, 0.29) is 18.9 Å². The summed E-state index contributed by atoms with van der Waals surface area (Å²) in [5.74, 6) is -0.454. The third-order valence-corrected chi connectivity index (χ3v) is 6.38. The summed E-state index contributed by atoms with van der Waals surface area (Å²) in [4.78, 5) is 24.1. The lowest BCUT2D eigenvalue weighted by atomic mass is 9.98. The Morgan fingerprint density at radius 2 is 1.59 bits per heavy atom. The number of rotatable bonds is 7. The number of hydrogen-bond donors (Lipinski definition) is 2. The molecule has 2 N–H and O–H groups in total. The molecule has 3 aromatic carbocycles. The molecule has 0 saturated heterocycles. The largest absolute Gasteiger partial charge is 0.481 e. The molecule has 2 aliphatic carbocycles. The van der Waals surface area contributed by atoms with E-state index in [1.807, 2.05) is 42.5 Å². The zero-order valence-electron chi connectivity index (χ0n) is 17.7. The Hall–Kier alpha value is -3.60. The molecule has 1 fully saturated rings. The first-order valence-corrected chi connectivity index (χ1v) is 11.0. The Morgan fingerprint density at radius 3 is 2.22 bits per heavy atom. The van der Waals surface area contributed by atoms with Gasteiger partial charge in [-0.15, -0.1) is 0 Å². The Bertz CT molecular complexity index is 1120. The minimum Gasteiger partial charge on any atom is -0.481 e. The first-order chi connectivity index (χ1) is 15.6. The maximum atomic E-state index is 12.7. The van der Waals surface area contributed by atoms with Crippen LogP contribution in [0.1, 0.15) is 59.4 Å². The molecular weight excluding hydrogens is 402 g/mol. The van der Waals surface area contributed by atoms with Crippen LogP contribution in [0.2, 0.25) is 0 Å². The Labute approximate surface area is 187 Å². The standard InChI is InChI=1S/C27H25NO4/c29-26(30)15-25(19-7-5-6-18(14-19)17-12-13-17)28-27(31)32-16-24-22-10-3-1-8-20(22)21-9-2-4-11-23(21)24/h1-11,14,17,24-25H,12-13,15-16H2,(H,28,31)(H,29,30)/t25-/m1/s1. The van der Waals surface area contributed by atoms with Crippen LogP contribution < -0.4 is 5.32 Å². The molecule has 0 aromatic heterocycles. The summed E-state index contributed by atoms with van der Waals surface area (Å²) in [6.45, 7) is 0.196. The van der Waals surface area contributed by atoms with Gasteiger partial charge in [-0.05, 0) is 52.1 Å². The topological polar surface area (TPSA) is 75.6 Å². The Balaban J connectivity index is 1.30. The lowest BCUT2D eigenvalue weighted by molar-refractivity contribution is -0.137. The molecule has 0 aliphatic heterocycles. The van der Waals surface area contributed by atoms with E-state index in [2.05, 4.69) is 35.6 Å². The second kappa shape index (κ2) is 8.50. The quantitative estimate of drug-likeness (QED) is 0.513. The Morgan fingerprint density at radius 1 is 0.938 bits per heavy atom. The monoisotopic (exact) mass is 427 g/mol. The highest BCUT2D eigenvalue weighted by molar-refractivity contribution is 5.79. The summed E-state index contributed by atoms with van der Waals surface area (Å²) in [5.41, 5.74) is 6.61. The average Bonchev–Trinajstić information content (AvgIpc) is 3.60. The molecule has 0 bridgehead atoms. The van der Waals surface area contributed by atoms with Crippen LogP contribution in [0.15, 0.2) is 72.8 Å². The van der Waals surface area contributed by atoms with Crippen LogP contribution >= 0.6 is 0 Å². The van der Waals surface area contributed by atoms with Crippen molar-refractivity contribution in [2.24, 2.45) is 0 Å². The zero-order chi connectivity index (χ0) is 22.1. The van der Waals surface area contributed by atoms with Crippen LogP contribution in [-0.2, 0) is 9.53 Å². The van der Waals surface area contributed by atoms with E-state index in [1.54, 1.807) is 0 Å². The highest BCUT2D eigenvalue weighted by Crippen LogP contribution is 2.44. The number of carboxylic acids is 1. The van der Waals surface area contributed by atoms with Gasteiger partial charge in [-0.25, -0.2) is 4.79 Å². The molecule has 3 aromatic rings. The number of fused-ring (bicyclic) bond motifs is 3. The van der Waals surface area contributed by atoms with E-state index in [1.165, 1.54) is 5.56 Å². The van der Waals surface area contributed by atoms with Crippen molar-refractivity contribution in [2.75, 3.05) is 6.61 Å². The van der Waals surface area contributed by atoms with E-state index in [0.717, 1.165) is 40.7 Å². The maximum Gasteiger partial charge on any atom is 0.407 e. The highest BCUT2D eigenvalue weighted by Gasteiger charge is 2.30. The van der Waals surface area contributed by atoms with Gasteiger partial charge < -0.3 is 15.2 Å². The predicted molar refractivity (Wildman–Crippen MR) is 122 cm³/mol. The van der Waals surface area contributed by atoms with Gasteiger partial charge in [-0.3, -0.25) is 4.79 Å². The molecule has 2 aliphatic rings. The summed E-state index contributed by atoms with van der Waals surface area (Å²) >= 11 is 0. The van der Waals surface area contributed by atoms with Crippen LogP contribution in [0.5, 0.6) is 0 Å². The van der Waals surface area contributed by atoms with Crippen molar-refractivity contribution in [2.45, 2.75) is 37.1 Å². The summed E-state index contributed by atoms with van der Waals surface area (Å²) in [6.07, 6.45) is 1.52. The number of aliphatic carboxylic acids is 1. The molecule has 1 saturated carbocycles. The number of alkyl carbamates (subject to hydrolysis) is 1. The van der Waals surface area contributed by atoms with Crippen molar-refractivity contribution in [3.05, 3.63) is 95.1 Å². The maximum absolute atomic E-state index is 12.7. The van der Waals surface area contributed by atoms with Gasteiger partial charge in [-0.1, -0.05) is 72.8 Å². The smallest absolute Gasteiger partial charge is 0.407 e. The van der Waals surface area contributed by atoms with Gasteiger partial charge in [-0.2, -0.15) is 0 Å². The molecule has 5 heteroatoms. The first kappa shape index (κ1) is 20.3.